The Balaban J connectivity index is 2.58. The predicted octanol–water partition coefficient (Wildman–Crippen LogP) is 6.64. The van der Waals surface area contributed by atoms with Crippen molar-refractivity contribution in [1.82, 2.24) is 0 Å². The fourth-order valence-electron chi connectivity index (χ4n) is 1.88. The summed E-state index contributed by atoms with van der Waals surface area (Å²) in [6.07, 6.45) is -4.37. The Labute approximate surface area is 129 Å². The number of aryl methyl sites for hydroxylation is 1. The lowest BCUT2D eigenvalue weighted by molar-refractivity contribution is -0.137. The van der Waals surface area contributed by atoms with E-state index < -0.39 is 11.7 Å². The second kappa shape index (κ2) is 5.47. The zero-order valence-electron chi connectivity index (χ0n) is 10.2. The number of rotatable bonds is 1. The predicted molar refractivity (Wildman–Crippen MR) is 76.6 cm³/mol. The van der Waals surface area contributed by atoms with E-state index in [-0.39, 0.29) is 10.0 Å². The molecule has 6 heteroatoms. The van der Waals surface area contributed by atoms with Crippen LogP contribution in [0.5, 0.6) is 0 Å². The normalized spacial score (nSPS) is 11.8. The van der Waals surface area contributed by atoms with Crippen molar-refractivity contribution in [2.45, 2.75) is 13.1 Å². The van der Waals surface area contributed by atoms with Gasteiger partial charge in [-0.3, -0.25) is 0 Å². The summed E-state index contributed by atoms with van der Waals surface area (Å²) in [5.41, 5.74) is 0.893. The van der Waals surface area contributed by atoms with Gasteiger partial charge < -0.3 is 0 Å². The minimum atomic E-state index is -4.37. The smallest absolute Gasteiger partial charge is 0.166 e. The minimum Gasteiger partial charge on any atom is -0.166 e. The summed E-state index contributed by atoms with van der Waals surface area (Å²) in [6.45, 7) is 1.59. The molecule has 0 bridgehead atoms. The average Bonchev–Trinajstić information content (AvgIpc) is 2.36. The molecule has 2 rings (SSSR count). The standard InChI is InChI=1S/C14H8Cl3F3/c1-7-6-8(14(18,19)20)2-3-9(7)10-4-5-11(15)13(17)12(10)16/h2-6H,1H3. The second-order valence-electron chi connectivity index (χ2n) is 4.25. The van der Waals surface area contributed by atoms with Crippen LogP contribution in [-0.4, -0.2) is 0 Å². The van der Waals surface area contributed by atoms with Crippen LogP contribution < -0.4 is 0 Å². The highest BCUT2D eigenvalue weighted by atomic mass is 35.5. The van der Waals surface area contributed by atoms with Crippen LogP contribution in [0.2, 0.25) is 15.1 Å². The van der Waals surface area contributed by atoms with E-state index in [1.165, 1.54) is 6.07 Å². The molecule has 0 amide bonds. The van der Waals surface area contributed by atoms with Crippen molar-refractivity contribution in [3.8, 4) is 11.1 Å². The lowest BCUT2D eigenvalue weighted by atomic mass is 9.98. The van der Waals surface area contributed by atoms with Crippen LogP contribution in [0.25, 0.3) is 11.1 Å². The van der Waals surface area contributed by atoms with Crippen LogP contribution in [-0.2, 0) is 6.18 Å². The summed E-state index contributed by atoms with van der Waals surface area (Å²) >= 11 is 17.9. The van der Waals surface area contributed by atoms with Gasteiger partial charge in [-0.2, -0.15) is 13.2 Å². The molecule has 0 saturated carbocycles. The zero-order chi connectivity index (χ0) is 15.1. The van der Waals surface area contributed by atoms with Crippen LogP contribution >= 0.6 is 34.8 Å². The number of hydrogen-bond donors (Lipinski definition) is 0. The van der Waals surface area contributed by atoms with Gasteiger partial charge in [0, 0.05) is 5.56 Å². The Morgan fingerprint density at radius 1 is 0.850 bits per heavy atom. The van der Waals surface area contributed by atoms with Crippen molar-refractivity contribution in [3.63, 3.8) is 0 Å². The number of halogens is 6. The van der Waals surface area contributed by atoms with Crippen molar-refractivity contribution in [1.29, 1.82) is 0 Å². The maximum Gasteiger partial charge on any atom is 0.416 e. The maximum absolute atomic E-state index is 12.6. The molecule has 0 atom stereocenters. The zero-order valence-corrected chi connectivity index (χ0v) is 12.4. The maximum atomic E-state index is 12.6. The summed E-state index contributed by atoms with van der Waals surface area (Å²) in [6, 6.07) is 6.66. The van der Waals surface area contributed by atoms with Crippen molar-refractivity contribution < 1.29 is 13.2 Å². The van der Waals surface area contributed by atoms with E-state index in [1.807, 2.05) is 0 Å². The van der Waals surface area contributed by atoms with E-state index in [0.717, 1.165) is 12.1 Å². The molecule has 0 heterocycles. The highest BCUT2D eigenvalue weighted by Gasteiger charge is 2.30. The number of benzene rings is 2. The first-order valence-corrected chi connectivity index (χ1v) is 6.67. The van der Waals surface area contributed by atoms with Gasteiger partial charge in [0.05, 0.1) is 20.6 Å². The van der Waals surface area contributed by atoms with Gasteiger partial charge in [0.1, 0.15) is 0 Å². The van der Waals surface area contributed by atoms with Crippen LogP contribution in [0.4, 0.5) is 13.2 Å². The fourth-order valence-corrected chi connectivity index (χ4v) is 2.51. The quantitative estimate of drug-likeness (QED) is 0.511. The second-order valence-corrected chi connectivity index (χ2v) is 5.41. The molecule has 0 unspecified atom stereocenters. The highest BCUT2D eigenvalue weighted by molar-refractivity contribution is 6.49. The number of hydrogen-bond acceptors (Lipinski definition) is 0. The van der Waals surface area contributed by atoms with E-state index in [9.17, 15) is 13.2 Å². The first kappa shape index (κ1) is 15.5. The van der Waals surface area contributed by atoms with E-state index in [1.54, 1.807) is 19.1 Å². The Hall–Kier alpha value is -0.900. The molecular weight excluding hydrogens is 332 g/mol. The summed E-state index contributed by atoms with van der Waals surface area (Å²) in [7, 11) is 0. The summed E-state index contributed by atoms with van der Waals surface area (Å²) in [5.74, 6) is 0. The van der Waals surface area contributed by atoms with Crippen molar-refractivity contribution in [2.75, 3.05) is 0 Å². The molecule has 20 heavy (non-hydrogen) atoms. The molecule has 106 valence electrons. The lowest BCUT2D eigenvalue weighted by Gasteiger charge is -2.13. The fraction of sp³-hybridized carbons (Fsp3) is 0.143. The first-order valence-electron chi connectivity index (χ1n) is 5.53. The highest BCUT2D eigenvalue weighted by Crippen LogP contribution is 2.40. The molecule has 0 radical (unpaired) electrons. The van der Waals surface area contributed by atoms with E-state index >= 15 is 0 Å². The van der Waals surface area contributed by atoms with Crippen LogP contribution in [0.15, 0.2) is 30.3 Å². The third kappa shape index (κ3) is 2.90. The SMILES string of the molecule is Cc1cc(C(F)(F)F)ccc1-c1ccc(Cl)c(Cl)c1Cl. The third-order valence-corrected chi connectivity index (χ3v) is 4.17. The Bertz CT molecular complexity index is 663. The Morgan fingerprint density at radius 3 is 2.00 bits per heavy atom. The molecule has 0 aliphatic rings. The first-order chi connectivity index (χ1) is 9.21. The van der Waals surface area contributed by atoms with Gasteiger partial charge in [0.25, 0.3) is 0 Å². The van der Waals surface area contributed by atoms with E-state index in [4.69, 9.17) is 34.8 Å². The molecule has 0 aliphatic carbocycles. The number of alkyl halides is 3. The average molecular weight is 340 g/mol. The van der Waals surface area contributed by atoms with E-state index in [2.05, 4.69) is 0 Å². The molecule has 0 fully saturated rings. The van der Waals surface area contributed by atoms with Crippen molar-refractivity contribution in [3.05, 3.63) is 56.5 Å². The van der Waals surface area contributed by atoms with Crippen LogP contribution in [0, 0.1) is 6.92 Å². The van der Waals surface area contributed by atoms with Gasteiger partial charge >= 0.3 is 6.18 Å². The van der Waals surface area contributed by atoms with Crippen molar-refractivity contribution >= 4 is 34.8 Å². The minimum absolute atomic E-state index is 0.185. The Kier molecular flexibility index (Phi) is 4.24. The molecule has 0 N–H and O–H groups in total. The van der Waals surface area contributed by atoms with E-state index in [0.29, 0.717) is 21.7 Å². The topological polar surface area (TPSA) is 0 Å². The van der Waals surface area contributed by atoms with Gasteiger partial charge in [-0.25, -0.2) is 0 Å². The van der Waals surface area contributed by atoms with Crippen molar-refractivity contribution in [2.24, 2.45) is 0 Å². The largest absolute Gasteiger partial charge is 0.416 e. The van der Waals surface area contributed by atoms with Crippen LogP contribution in [0.1, 0.15) is 11.1 Å². The molecule has 0 nitrogen and oxygen atoms in total. The molecule has 2 aromatic carbocycles. The molecule has 0 saturated heterocycles. The van der Waals surface area contributed by atoms with Gasteiger partial charge in [0.2, 0.25) is 0 Å². The molecule has 2 aromatic rings. The van der Waals surface area contributed by atoms with Gasteiger partial charge in [-0.1, -0.05) is 46.9 Å². The Morgan fingerprint density at radius 2 is 1.45 bits per heavy atom. The van der Waals surface area contributed by atoms with Crippen LogP contribution in [0.3, 0.4) is 0 Å². The summed E-state index contributed by atoms with van der Waals surface area (Å²) in [4.78, 5) is 0. The molecule has 0 spiro atoms. The summed E-state index contributed by atoms with van der Waals surface area (Å²) < 4.78 is 37.9. The summed E-state index contributed by atoms with van der Waals surface area (Å²) in [5, 5.41) is 0.706. The van der Waals surface area contributed by atoms with Gasteiger partial charge in [-0.15, -0.1) is 0 Å². The molecular formula is C14H8Cl3F3. The molecule has 0 aliphatic heterocycles. The van der Waals surface area contributed by atoms with Gasteiger partial charge in [0.15, 0.2) is 0 Å². The molecule has 0 aromatic heterocycles. The monoisotopic (exact) mass is 338 g/mol. The third-order valence-electron chi connectivity index (χ3n) is 2.88. The lowest BCUT2D eigenvalue weighted by Crippen LogP contribution is -2.05. The van der Waals surface area contributed by atoms with Gasteiger partial charge in [-0.05, 0) is 36.2 Å².